The van der Waals surface area contributed by atoms with Gasteiger partial charge in [0.1, 0.15) is 28.8 Å². The molecule has 31 heavy (non-hydrogen) atoms. The number of halogens is 1. The Bertz CT molecular complexity index is 997. The fourth-order valence-electron chi connectivity index (χ4n) is 4.78. The number of piperazine rings is 1. The van der Waals surface area contributed by atoms with E-state index < -0.39 is 5.60 Å². The highest BCUT2D eigenvalue weighted by Crippen LogP contribution is 2.40. The van der Waals surface area contributed by atoms with Gasteiger partial charge in [0.15, 0.2) is 5.78 Å². The van der Waals surface area contributed by atoms with Gasteiger partial charge in [-0.05, 0) is 32.2 Å². The van der Waals surface area contributed by atoms with Crippen LogP contribution in [0.1, 0.15) is 35.4 Å². The third kappa shape index (κ3) is 4.08. The molecular weight excluding hydrogens is 414 g/mol. The molecule has 1 aromatic heterocycles. The largest absolute Gasteiger partial charge is 0.486 e. The van der Waals surface area contributed by atoms with Gasteiger partial charge in [0.25, 0.3) is 0 Å². The minimum absolute atomic E-state index is 0.118. The molecule has 0 aliphatic carbocycles. The zero-order valence-corrected chi connectivity index (χ0v) is 18.9. The molecule has 0 amide bonds. The fourth-order valence-corrected chi connectivity index (χ4v) is 4.96. The van der Waals surface area contributed by atoms with E-state index in [1.165, 1.54) is 0 Å². The normalized spacial score (nSPS) is 21.2. The lowest BCUT2D eigenvalue weighted by Gasteiger charge is -2.44. The Balaban J connectivity index is 1.31. The van der Waals surface area contributed by atoms with Gasteiger partial charge in [0.05, 0.1) is 12.0 Å². The van der Waals surface area contributed by atoms with Crippen molar-refractivity contribution < 1.29 is 9.53 Å². The summed E-state index contributed by atoms with van der Waals surface area (Å²) in [6, 6.07) is 7.43. The minimum Gasteiger partial charge on any atom is -0.486 e. The first-order valence-corrected chi connectivity index (χ1v) is 11.3. The molecule has 4 heterocycles. The van der Waals surface area contributed by atoms with Crippen LogP contribution in [-0.4, -0.2) is 72.6 Å². The molecule has 0 atom stereocenters. The van der Waals surface area contributed by atoms with Crippen molar-refractivity contribution in [1.82, 2.24) is 14.9 Å². The quantitative estimate of drug-likeness (QED) is 0.709. The van der Waals surface area contributed by atoms with Gasteiger partial charge in [0.2, 0.25) is 0 Å². The number of piperidine rings is 1. The maximum absolute atomic E-state index is 12.8. The molecule has 0 radical (unpaired) electrons. The number of benzene rings is 1. The number of nitrogens with zero attached hydrogens (tertiary/aromatic N) is 5. The summed E-state index contributed by atoms with van der Waals surface area (Å²) in [5.41, 5.74) is 0.167. The van der Waals surface area contributed by atoms with E-state index in [9.17, 15) is 4.79 Å². The maximum Gasteiger partial charge on any atom is 0.170 e. The number of rotatable bonds is 2. The van der Waals surface area contributed by atoms with Crippen molar-refractivity contribution in [3.05, 3.63) is 40.7 Å². The lowest BCUT2D eigenvalue weighted by molar-refractivity contribution is 0.0231. The summed E-state index contributed by atoms with van der Waals surface area (Å²) in [6.07, 6.45) is 1.98. The number of carbonyl (C=O) groups is 1. The van der Waals surface area contributed by atoms with Gasteiger partial charge < -0.3 is 19.4 Å². The molecule has 2 aromatic rings. The molecule has 1 aromatic carbocycles. The fraction of sp³-hybridized carbons (Fsp3) is 0.522. The summed E-state index contributed by atoms with van der Waals surface area (Å²) in [6.45, 7) is 7.61. The average molecular weight is 442 g/mol. The van der Waals surface area contributed by atoms with E-state index in [1.807, 2.05) is 13.0 Å². The van der Waals surface area contributed by atoms with Crippen molar-refractivity contribution in [3.63, 3.8) is 0 Å². The van der Waals surface area contributed by atoms with Gasteiger partial charge in [0, 0.05) is 63.2 Å². The molecule has 3 aliphatic heterocycles. The van der Waals surface area contributed by atoms with Gasteiger partial charge in [-0.1, -0.05) is 11.6 Å². The first kappa shape index (κ1) is 20.5. The zero-order chi connectivity index (χ0) is 21.6. The molecule has 1 spiro atoms. The average Bonchev–Trinajstić information content (AvgIpc) is 2.75. The number of aromatic nitrogens is 2. The third-order valence-corrected chi connectivity index (χ3v) is 6.92. The van der Waals surface area contributed by atoms with Crippen LogP contribution in [0.15, 0.2) is 24.3 Å². The monoisotopic (exact) mass is 441 g/mol. The molecule has 8 heteroatoms. The zero-order valence-electron chi connectivity index (χ0n) is 18.1. The van der Waals surface area contributed by atoms with Gasteiger partial charge >= 0.3 is 0 Å². The van der Waals surface area contributed by atoms with E-state index in [0.717, 1.165) is 69.6 Å². The van der Waals surface area contributed by atoms with E-state index in [4.69, 9.17) is 26.3 Å². The van der Waals surface area contributed by atoms with Crippen molar-refractivity contribution in [2.24, 2.45) is 0 Å². The van der Waals surface area contributed by atoms with E-state index in [1.54, 1.807) is 12.1 Å². The number of likely N-dealkylation sites (N-methyl/N-ethyl adjacent to an activating group) is 1. The van der Waals surface area contributed by atoms with Gasteiger partial charge in [-0.25, -0.2) is 9.97 Å². The van der Waals surface area contributed by atoms with Crippen molar-refractivity contribution in [3.8, 4) is 5.75 Å². The number of ether oxygens (including phenoxy) is 1. The maximum atomic E-state index is 12.8. The number of aryl methyl sites for hydroxylation is 1. The summed E-state index contributed by atoms with van der Waals surface area (Å²) in [7, 11) is 2.16. The number of hydrogen-bond donors (Lipinski definition) is 0. The van der Waals surface area contributed by atoms with Crippen molar-refractivity contribution in [1.29, 1.82) is 0 Å². The molecule has 7 nitrogen and oxygen atoms in total. The van der Waals surface area contributed by atoms with Crippen molar-refractivity contribution in [2.45, 2.75) is 31.8 Å². The summed E-state index contributed by atoms with van der Waals surface area (Å²) in [4.78, 5) is 29.2. The molecule has 3 aliphatic rings. The Morgan fingerprint density at radius 1 is 0.968 bits per heavy atom. The van der Waals surface area contributed by atoms with Crippen LogP contribution < -0.4 is 14.5 Å². The van der Waals surface area contributed by atoms with Crippen LogP contribution in [-0.2, 0) is 0 Å². The van der Waals surface area contributed by atoms with E-state index in [-0.39, 0.29) is 5.78 Å². The van der Waals surface area contributed by atoms with Crippen LogP contribution >= 0.6 is 11.6 Å². The summed E-state index contributed by atoms with van der Waals surface area (Å²) < 4.78 is 6.37. The Hall–Kier alpha value is -2.38. The number of hydrogen-bond acceptors (Lipinski definition) is 7. The number of Topliss-reactive ketones (excluding diaryl/α,β-unsaturated/α-hetero) is 1. The Morgan fingerprint density at radius 2 is 1.61 bits per heavy atom. The second kappa shape index (κ2) is 7.95. The molecule has 2 saturated heterocycles. The van der Waals surface area contributed by atoms with E-state index >= 15 is 0 Å². The van der Waals surface area contributed by atoms with Crippen LogP contribution in [0.25, 0.3) is 0 Å². The lowest BCUT2D eigenvalue weighted by atomic mass is 9.82. The smallest absolute Gasteiger partial charge is 0.170 e. The first-order valence-electron chi connectivity index (χ1n) is 11.0. The molecule has 5 rings (SSSR count). The highest BCUT2D eigenvalue weighted by Gasteiger charge is 2.43. The molecule has 0 unspecified atom stereocenters. The SMILES string of the molecule is Cc1nc(N2CCN(C)CC2)cc(N2CCC3(CC2)CC(=O)c2cc(Cl)ccc2O3)n1. The molecule has 0 saturated carbocycles. The molecule has 164 valence electrons. The minimum atomic E-state index is -0.434. The van der Waals surface area contributed by atoms with Gasteiger partial charge in [-0.15, -0.1) is 0 Å². The first-order chi connectivity index (χ1) is 14.9. The number of anilines is 2. The van der Waals surface area contributed by atoms with Gasteiger partial charge in [-0.3, -0.25) is 4.79 Å². The van der Waals surface area contributed by atoms with E-state index in [2.05, 4.69) is 27.8 Å². The second-order valence-electron chi connectivity index (χ2n) is 8.93. The molecule has 0 bridgehead atoms. The lowest BCUT2D eigenvalue weighted by Crippen LogP contribution is -2.51. The Kier molecular flexibility index (Phi) is 5.26. The summed E-state index contributed by atoms with van der Waals surface area (Å²) in [5, 5.41) is 0.566. The van der Waals surface area contributed by atoms with Crippen LogP contribution in [0.4, 0.5) is 11.6 Å². The Morgan fingerprint density at radius 3 is 2.29 bits per heavy atom. The van der Waals surface area contributed by atoms with Crippen molar-refractivity contribution >= 4 is 29.0 Å². The number of fused-ring (bicyclic) bond motifs is 1. The standard InChI is InChI=1S/C23H28ClN5O2/c1-16-25-21(14-22(26-16)29-11-9-27(2)10-12-29)28-7-5-23(6-8-28)15-19(30)18-13-17(24)3-4-20(18)31-23/h3-4,13-14H,5-12,15H2,1-2H3. The third-order valence-electron chi connectivity index (χ3n) is 6.69. The molecule has 0 N–H and O–H groups in total. The number of ketones is 1. The van der Waals surface area contributed by atoms with E-state index in [0.29, 0.717) is 22.8 Å². The van der Waals surface area contributed by atoms with Crippen LogP contribution in [0.2, 0.25) is 5.02 Å². The van der Waals surface area contributed by atoms with Crippen molar-refractivity contribution in [2.75, 3.05) is 56.1 Å². The highest BCUT2D eigenvalue weighted by molar-refractivity contribution is 6.31. The predicted molar refractivity (Wildman–Crippen MR) is 122 cm³/mol. The topological polar surface area (TPSA) is 61.8 Å². The van der Waals surface area contributed by atoms with Crippen LogP contribution in [0, 0.1) is 6.92 Å². The molecular formula is C23H28ClN5O2. The number of carbonyl (C=O) groups excluding carboxylic acids is 1. The Labute approximate surface area is 188 Å². The van der Waals surface area contributed by atoms with Crippen LogP contribution in [0.5, 0.6) is 5.75 Å². The summed E-state index contributed by atoms with van der Waals surface area (Å²) in [5.74, 6) is 3.54. The second-order valence-corrected chi connectivity index (χ2v) is 9.37. The summed E-state index contributed by atoms with van der Waals surface area (Å²) >= 11 is 6.06. The predicted octanol–water partition coefficient (Wildman–Crippen LogP) is 3.19. The van der Waals surface area contributed by atoms with Crippen LogP contribution in [0.3, 0.4) is 0 Å². The highest BCUT2D eigenvalue weighted by atomic mass is 35.5. The van der Waals surface area contributed by atoms with Gasteiger partial charge in [-0.2, -0.15) is 0 Å². The molecule has 2 fully saturated rings.